The second kappa shape index (κ2) is 26.2. The van der Waals surface area contributed by atoms with Crippen molar-refractivity contribution in [3.05, 3.63) is 0 Å². The molecule has 1 atom stereocenters. The van der Waals surface area contributed by atoms with Crippen LogP contribution in [0.4, 0.5) is 0 Å². The Morgan fingerprint density at radius 3 is 0.760 bits per heavy atom. The fraction of sp³-hybridized carbons (Fsp3) is 1.00. The maximum Gasteiger partial charge on any atom is -0.0385 e. The van der Waals surface area contributed by atoms with Crippen LogP contribution in [0.1, 0.15) is 137 Å². The van der Waals surface area contributed by atoms with E-state index in [1.165, 1.54) is 25.7 Å². The van der Waals surface area contributed by atoms with E-state index < -0.39 is 0 Å². The van der Waals surface area contributed by atoms with Gasteiger partial charge in [0.1, 0.15) is 0 Å². The average molecular weight is 363 g/mol. The van der Waals surface area contributed by atoms with Gasteiger partial charge in [-0.05, 0) is 29.1 Å². The van der Waals surface area contributed by atoms with E-state index in [9.17, 15) is 0 Å². The van der Waals surface area contributed by atoms with Crippen LogP contribution < -0.4 is 0 Å². The summed E-state index contributed by atoms with van der Waals surface area (Å²) in [7, 11) is 0. The summed E-state index contributed by atoms with van der Waals surface area (Å²) >= 11 is 0. The molecule has 0 amide bonds. The highest BCUT2D eigenvalue weighted by molar-refractivity contribution is 4.55. The predicted octanol–water partition coefficient (Wildman–Crippen LogP) is 10.5. The summed E-state index contributed by atoms with van der Waals surface area (Å²) in [5, 5.41) is 0. The van der Waals surface area contributed by atoms with Crippen molar-refractivity contribution in [2.45, 2.75) is 137 Å². The van der Waals surface area contributed by atoms with Gasteiger partial charge in [-0.1, -0.05) is 137 Å². The van der Waals surface area contributed by atoms with E-state index in [0.29, 0.717) is 5.41 Å². The number of rotatable bonds is 4. The van der Waals surface area contributed by atoms with Gasteiger partial charge in [-0.25, -0.2) is 0 Å². The minimum atomic E-state index is 0. The lowest BCUT2D eigenvalue weighted by molar-refractivity contribution is 0.398. The van der Waals surface area contributed by atoms with Gasteiger partial charge in [0.25, 0.3) is 0 Å². The van der Waals surface area contributed by atoms with Crippen molar-refractivity contribution in [2.24, 2.45) is 29.1 Å². The first-order valence-corrected chi connectivity index (χ1v) is 10.3. The van der Waals surface area contributed by atoms with E-state index >= 15 is 0 Å². The van der Waals surface area contributed by atoms with Crippen molar-refractivity contribution >= 4 is 0 Å². The van der Waals surface area contributed by atoms with Crippen LogP contribution in [0.15, 0.2) is 0 Å². The van der Waals surface area contributed by atoms with E-state index in [0.717, 1.165) is 23.7 Å². The Labute approximate surface area is 167 Å². The Morgan fingerprint density at radius 2 is 0.760 bits per heavy atom. The number of hydrogen-bond acceptors (Lipinski definition) is 0. The van der Waals surface area contributed by atoms with Gasteiger partial charge < -0.3 is 0 Å². The smallest absolute Gasteiger partial charge is 0.0385 e. The maximum absolute atomic E-state index is 2.30. The lowest BCUT2D eigenvalue weighted by Crippen LogP contribution is -2.00. The second-order valence-electron chi connectivity index (χ2n) is 9.15. The van der Waals surface area contributed by atoms with Crippen molar-refractivity contribution in [3.63, 3.8) is 0 Å². The van der Waals surface area contributed by atoms with Crippen LogP contribution in [-0.4, -0.2) is 0 Å². The Bertz CT molecular complexity index is 173. The zero-order valence-electron chi connectivity index (χ0n) is 19.6. The largest absolute Gasteiger partial charge is 0.0776 e. The van der Waals surface area contributed by atoms with Gasteiger partial charge in [-0.15, -0.1) is 0 Å². The summed E-state index contributed by atoms with van der Waals surface area (Å²) in [5.41, 5.74) is 0.542. The normalized spacial score (nSPS) is 10.9. The van der Waals surface area contributed by atoms with Crippen LogP contribution >= 0.6 is 0 Å². The molecule has 0 saturated carbocycles. The molecule has 0 aliphatic carbocycles. The summed E-state index contributed by atoms with van der Waals surface area (Å²) < 4.78 is 0. The SMILES string of the molecule is C.C.CCC(C)(C)C.CCC(C)C.CCC(C)C.CCC(C)C(C)C. The Kier molecular flexibility index (Phi) is 41.9. The first kappa shape index (κ1) is 39.9. The Hall–Kier alpha value is 0. The minimum absolute atomic E-state index is 0. The molecule has 0 aliphatic rings. The maximum atomic E-state index is 2.30. The van der Waals surface area contributed by atoms with Crippen LogP contribution in [-0.2, 0) is 0 Å². The molecule has 0 heterocycles. The third-order valence-corrected chi connectivity index (χ3v) is 4.48. The lowest BCUT2D eigenvalue weighted by Gasteiger charge is -2.12. The monoisotopic (exact) mass is 362 g/mol. The zero-order chi connectivity index (χ0) is 19.6. The molecule has 1 unspecified atom stereocenters. The van der Waals surface area contributed by atoms with Crippen molar-refractivity contribution in [1.29, 1.82) is 0 Å². The van der Waals surface area contributed by atoms with E-state index in [2.05, 4.69) is 96.9 Å². The first-order chi connectivity index (χ1) is 10.3. The van der Waals surface area contributed by atoms with Gasteiger partial charge in [0, 0.05) is 0 Å². The quantitative estimate of drug-likeness (QED) is 0.466. The third-order valence-electron chi connectivity index (χ3n) is 4.48. The van der Waals surface area contributed by atoms with E-state index in [1.54, 1.807) is 0 Å². The second-order valence-corrected chi connectivity index (χ2v) is 9.15. The minimum Gasteiger partial charge on any atom is -0.0776 e. The van der Waals surface area contributed by atoms with Crippen LogP contribution in [0.3, 0.4) is 0 Å². The van der Waals surface area contributed by atoms with Gasteiger partial charge >= 0.3 is 0 Å². The molecule has 0 N–H and O–H groups in total. The first-order valence-electron chi connectivity index (χ1n) is 10.3. The molecule has 0 saturated heterocycles. The van der Waals surface area contributed by atoms with Crippen LogP contribution in [0.2, 0.25) is 0 Å². The van der Waals surface area contributed by atoms with Crippen LogP contribution in [0.5, 0.6) is 0 Å². The third kappa shape index (κ3) is 68.7. The summed E-state index contributed by atoms with van der Waals surface area (Å²) in [4.78, 5) is 0. The fourth-order valence-corrected chi connectivity index (χ4v) is 0.471. The molecule has 0 heteroatoms. The summed E-state index contributed by atoms with van der Waals surface area (Å²) in [6.45, 7) is 31.3. The fourth-order valence-electron chi connectivity index (χ4n) is 0.471. The molecule has 0 aromatic heterocycles. The van der Waals surface area contributed by atoms with Crippen molar-refractivity contribution in [2.75, 3.05) is 0 Å². The van der Waals surface area contributed by atoms with Gasteiger partial charge in [-0.2, -0.15) is 0 Å². The van der Waals surface area contributed by atoms with Crippen molar-refractivity contribution < 1.29 is 0 Å². The molecule has 0 aromatic carbocycles. The van der Waals surface area contributed by atoms with Gasteiger partial charge in [0.2, 0.25) is 0 Å². The molecule has 0 rings (SSSR count). The molecule has 0 spiro atoms. The molecule has 0 bridgehead atoms. The highest BCUT2D eigenvalue weighted by atomic mass is 14.1. The van der Waals surface area contributed by atoms with Gasteiger partial charge in [-0.3, -0.25) is 0 Å². The molecular weight excluding hydrogens is 300 g/mol. The van der Waals surface area contributed by atoms with Crippen molar-refractivity contribution in [1.82, 2.24) is 0 Å². The highest BCUT2D eigenvalue weighted by Gasteiger charge is 2.03. The van der Waals surface area contributed by atoms with E-state index in [-0.39, 0.29) is 14.9 Å². The standard InChI is InChI=1S/C7H16.C6H14.2C5H12.2CH4/c1-5-7(4)6(2)3;1-5-6(2,3)4;2*1-4-5(2)3;;/h6-7H,5H2,1-4H3;5H2,1-4H3;2*5H,4H2,1-3H3;2*1H4. The molecular formula is C25H62. The molecule has 25 heavy (non-hydrogen) atoms. The van der Waals surface area contributed by atoms with Gasteiger partial charge in [0.05, 0.1) is 0 Å². The molecule has 0 fully saturated rings. The summed E-state index contributed by atoms with van der Waals surface area (Å²) in [6, 6.07) is 0. The number of hydrogen-bond donors (Lipinski definition) is 0. The Morgan fingerprint density at radius 1 is 0.560 bits per heavy atom. The molecule has 0 aromatic rings. The van der Waals surface area contributed by atoms with Crippen LogP contribution in [0.25, 0.3) is 0 Å². The average Bonchev–Trinajstić information content (AvgIpc) is 2.47. The molecule has 0 radical (unpaired) electrons. The summed E-state index contributed by atoms with van der Waals surface area (Å²) in [5.74, 6) is 3.54. The molecule has 0 nitrogen and oxygen atoms in total. The van der Waals surface area contributed by atoms with Crippen molar-refractivity contribution in [3.8, 4) is 0 Å². The predicted molar refractivity (Wildman–Crippen MR) is 128 cm³/mol. The molecule has 0 aliphatic heterocycles. The Balaban J connectivity index is -0.0000000473. The zero-order valence-corrected chi connectivity index (χ0v) is 19.6. The van der Waals surface area contributed by atoms with Crippen LogP contribution in [0, 0.1) is 29.1 Å². The topological polar surface area (TPSA) is 0 Å². The van der Waals surface area contributed by atoms with Gasteiger partial charge in [0.15, 0.2) is 0 Å². The van der Waals surface area contributed by atoms with E-state index in [1.807, 2.05) is 0 Å². The highest BCUT2D eigenvalue weighted by Crippen LogP contribution is 2.16. The lowest BCUT2D eigenvalue weighted by atomic mass is 9.94. The summed E-state index contributed by atoms with van der Waals surface area (Å²) in [6.07, 6.45) is 5.20. The van der Waals surface area contributed by atoms with E-state index in [4.69, 9.17) is 0 Å². The molecule has 162 valence electrons.